The van der Waals surface area contributed by atoms with Crippen molar-refractivity contribution in [3.05, 3.63) is 52.7 Å². The van der Waals surface area contributed by atoms with Crippen molar-refractivity contribution in [2.24, 2.45) is 4.99 Å². The number of halogens is 1. The van der Waals surface area contributed by atoms with E-state index < -0.39 is 0 Å². The number of benzene rings is 2. The fraction of sp³-hybridized carbons (Fsp3) is 0.200. The van der Waals surface area contributed by atoms with Crippen LogP contribution in [0.15, 0.2) is 46.3 Å². The van der Waals surface area contributed by atoms with Crippen molar-refractivity contribution in [2.75, 3.05) is 20.4 Å². The summed E-state index contributed by atoms with van der Waals surface area (Å²) in [6, 6.07) is 9.42. The number of amides is 1. The lowest BCUT2D eigenvalue weighted by molar-refractivity contribution is -0.122. The molecule has 2 aromatic rings. The monoisotopic (exact) mass is 400 g/mol. The average Bonchev–Trinajstić information content (AvgIpc) is 3.27. The summed E-state index contributed by atoms with van der Waals surface area (Å²) in [5.74, 6) is 1.22. The zero-order chi connectivity index (χ0) is 19.7. The van der Waals surface area contributed by atoms with E-state index in [1.807, 2.05) is 6.92 Å². The molecule has 1 amide bonds. The van der Waals surface area contributed by atoms with Gasteiger partial charge in [-0.3, -0.25) is 9.69 Å². The summed E-state index contributed by atoms with van der Waals surface area (Å²) in [5.41, 5.74) is 1.34. The quantitative estimate of drug-likeness (QED) is 0.721. The Bertz CT molecular complexity index is 988. The summed E-state index contributed by atoms with van der Waals surface area (Å²) >= 11 is 1.27. The Hall–Kier alpha value is -3.00. The molecule has 0 spiro atoms. The summed E-state index contributed by atoms with van der Waals surface area (Å²) in [6.07, 6.45) is 1.77. The van der Waals surface area contributed by atoms with Crippen molar-refractivity contribution in [1.29, 1.82) is 0 Å². The van der Waals surface area contributed by atoms with Gasteiger partial charge in [0, 0.05) is 6.54 Å². The highest BCUT2D eigenvalue weighted by atomic mass is 32.2. The molecule has 2 aliphatic heterocycles. The van der Waals surface area contributed by atoms with Gasteiger partial charge in [-0.15, -0.1) is 0 Å². The predicted octanol–water partition coefficient (Wildman–Crippen LogP) is 4.19. The number of rotatable bonds is 4. The van der Waals surface area contributed by atoms with Crippen LogP contribution in [0, 0.1) is 5.82 Å². The van der Waals surface area contributed by atoms with E-state index in [0.717, 1.165) is 5.56 Å². The molecule has 0 bridgehead atoms. The minimum atomic E-state index is -0.330. The maximum absolute atomic E-state index is 13.1. The molecule has 0 aliphatic carbocycles. The number of hydrogen-bond acceptors (Lipinski definition) is 6. The smallest absolute Gasteiger partial charge is 0.266 e. The molecule has 1 fully saturated rings. The van der Waals surface area contributed by atoms with Crippen molar-refractivity contribution < 1.29 is 23.4 Å². The minimum Gasteiger partial charge on any atom is -0.493 e. The number of ether oxygens (including phenoxy) is 3. The van der Waals surface area contributed by atoms with Crippen LogP contribution in [0.4, 0.5) is 10.1 Å². The van der Waals surface area contributed by atoms with E-state index in [1.54, 1.807) is 42.4 Å². The maximum Gasteiger partial charge on any atom is 0.266 e. The maximum atomic E-state index is 13.1. The van der Waals surface area contributed by atoms with Crippen LogP contribution in [0.5, 0.6) is 17.2 Å². The van der Waals surface area contributed by atoms with Crippen LogP contribution in [0.25, 0.3) is 6.08 Å². The van der Waals surface area contributed by atoms with Crippen LogP contribution < -0.4 is 14.2 Å². The van der Waals surface area contributed by atoms with E-state index in [0.29, 0.717) is 39.6 Å². The molecule has 2 heterocycles. The standard InChI is InChI=1S/C20H17FN2O4S/c1-3-23-19(24)17(28-20(23)22-14-6-4-13(21)5-7-14)10-12-8-15(25-2)18-16(9-12)26-11-27-18/h4-10H,3,11H2,1-2H3/b17-10+,22-20?. The van der Waals surface area contributed by atoms with Gasteiger partial charge in [0.1, 0.15) is 5.82 Å². The molecular formula is C20H17FN2O4S. The fourth-order valence-electron chi connectivity index (χ4n) is 2.88. The lowest BCUT2D eigenvalue weighted by atomic mass is 10.1. The molecule has 144 valence electrons. The van der Waals surface area contributed by atoms with Gasteiger partial charge in [0.25, 0.3) is 5.91 Å². The van der Waals surface area contributed by atoms with Crippen molar-refractivity contribution in [3.8, 4) is 17.2 Å². The van der Waals surface area contributed by atoms with Crippen LogP contribution in [0.3, 0.4) is 0 Å². The van der Waals surface area contributed by atoms with E-state index in [9.17, 15) is 9.18 Å². The van der Waals surface area contributed by atoms with Gasteiger partial charge in [0.15, 0.2) is 16.7 Å². The third-order valence-corrected chi connectivity index (χ3v) is 5.24. The Kier molecular flexibility index (Phi) is 4.95. The van der Waals surface area contributed by atoms with Gasteiger partial charge in [0.2, 0.25) is 12.5 Å². The molecule has 4 rings (SSSR count). The summed E-state index contributed by atoms with van der Waals surface area (Å²) in [6.45, 7) is 2.50. The normalized spacial score (nSPS) is 18.4. The lowest BCUT2D eigenvalue weighted by Crippen LogP contribution is -2.28. The van der Waals surface area contributed by atoms with Crippen LogP contribution in [-0.2, 0) is 4.79 Å². The van der Waals surface area contributed by atoms with Crippen molar-refractivity contribution in [3.63, 3.8) is 0 Å². The van der Waals surface area contributed by atoms with Gasteiger partial charge in [-0.05, 0) is 66.7 Å². The Morgan fingerprint density at radius 1 is 1.29 bits per heavy atom. The first kappa shape index (κ1) is 18.4. The van der Waals surface area contributed by atoms with Crippen molar-refractivity contribution >= 4 is 34.6 Å². The number of carbonyl (C=O) groups is 1. The molecule has 0 atom stereocenters. The van der Waals surface area contributed by atoms with Gasteiger partial charge < -0.3 is 14.2 Å². The van der Waals surface area contributed by atoms with E-state index in [1.165, 1.54) is 23.9 Å². The molecule has 0 saturated carbocycles. The van der Waals surface area contributed by atoms with Gasteiger partial charge in [-0.2, -0.15) is 0 Å². The number of thioether (sulfide) groups is 1. The molecule has 6 nitrogen and oxygen atoms in total. The fourth-order valence-corrected chi connectivity index (χ4v) is 3.94. The summed E-state index contributed by atoms with van der Waals surface area (Å²) in [7, 11) is 1.55. The third kappa shape index (κ3) is 3.43. The van der Waals surface area contributed by atoms with Gasteiger partial charge in [-0.25, -0.2) is 9.38 Å². The highest BCUT2D eigenvalue weighted by molar-refractivity contribution is 8.18. The van der Waals surface area contributed by atoms with E-state index in [2.05, 4.69) is 4.99 Å². The third-order valence-electron chi connectivity index (χ3n) is 4.23. The predicted molar refractivity (Wildman–Crippen MR) is 106 cm³/mol. The molecule has 1 saturated heterocycles. The van der Waals surface area contributed by atoms with E-state index in [4.69, 9.17) is 14.2 Å². The molecule has 0 radical (unpaired) electrons. The average molecular weight is 400 g/mol. The van der Waals surface area contributed by atoms with Crippen LogP contribution >= 0.6 is 11.8 Å². The highest BCUT2D eigenvalue weighted by Crippen LogP contribution is 2.43. The number of likely N-dealkylation sites (N-methyl/N-ethyl adjacent to an activating group) is 1. The van der Waals surface area contributed by atoms with Crippen LogP contribution in [-0.4, -0.2) is 36.4 Å². The van der Waals surface area contributed by atoms with Crippen LogP contribution in [0.1, 0.15) is 12.5 Å². The first-order valence-corrected chi connectivity index (χ1v) is 9.44. The number of methoxy groups -OCH3 is 1. The van der Waals surface area contributed by atoms with E-state index >= 15 is 0 Å². The Morgan fingerprint density at radius 2 is 2.07 bits per heavy atom. The van der Waals surface area contributed by atoms with E-state index in [-0.39, 0.29) is 18.5 Å². The SMILES string of the molecule is CCN1C(=O)/C(=C\c2cc(OC)c3c(c2)OCO3)SC1=Nc1ccc(F)cc1. The Labute approximate surface area is 165 Å². The van der Waals surface area contributed by atoms with Gasteiger partial charge >= 0.3 is 0 Å². The molecule has 0 N–H and O–H groups in total. The van der Waals surface area contributed by atoms with Gasteiger partial charge in [0.05, 0.1) is 17.7 Å². The second kappa shape index (κ2) is 7.55. The summed E-state index contributed by atoms with van der Waals surface area (Å²) in [4.78, 5) is 19.4. The molecule has 28 heavy (non-hydrogen) atoms. The van der Waals surface area contributed by atoms with Crippen LogP contribution in [0.2, 0.25) is 0 Å². The summed E-state index contributed by atoms with van der Waals surface area (Å²) in [5, 5.41) is 0.554. The largest absolute Gasteiger partial charge is 0.493 e. The number of amidine groups is 1. The molecule has 2 aliphatic rings. The zero-order valence-electron chi connectivity index (χ0n) is 15.3. The molecule has 2 aromatic carbocycles. The first-order valence-electron chi connectivity index (χ1n) is 8.62. The zero-order valence-corrected chi connectivity index (χ0v) is 16.1. The lowest BCUT2D eigenvalue weighted by Gasteiger charge is -2.11. The number of aliphatic imine (C=N–C) groups is 1. The topological polar surface area (TPSA) is 60.4 Å². The van der Waals surface area contributed by atoms with Crippen molar-refractivity contribution in [1.82, 2.24) is 4.90 Å². The second-order valence-corrected chi connectivity index (χ2v) is 7.00. The number of nitrogens with zero attached hydrogens (tertiary/aromatic N) is 2. The molecule has 8 heteroatoms. The Balaban J connectivity index is 1.67. The molecular weight excluding hydrogens is 383 g/mol. The second-order valence-electron chi connectivity index (χ2n) is 5.99. The molecule has 0 unspecified atom stereocenters. The first-order chi connectivity index (χ1) is 13.6. The number of hydrogen-bond donors (Lipinski definition) is 0. The van der Waals surface area contributed by atoms with Crippen molar-refractivity contribution in [2.45, 2.75) is 6.92 Å². The minimum absolute atomic E-state index is 0.134. The summed E-state index contributed by atoms with van der Waals surface area (Å²) < 4.78 is 29.3. The number of fused-ring (bicyclic) bond motifs is 1. The van der Waals surface area contributed by atoms with Gasteiger partial charge in [-0.1, -0.05) is 0 Å². The number of carbonyl (C=O) groups excluding carboxylic acids is 1. The highest BCUT2D eigenvalue weighted by Gasteiger charge is 2.32. The molecule has 0 aromatic heterocycles. The Morgan fingerprint density at radius 3 is 2.79 bits per heavy atom.